The fourth-order valence-electron chi connectivity index (χ4n) is 3.99. The smallest absolute Gasteiger partial charge is 0.264 e. The molecule has 1 heterocycles. The number of aryl methyl sites for hydroxylation is 1. The van der Waals surface area contributed by atoms with Crippen molar-refractivity contribution in [3.8, 4) is 5.75 Å². The fourth-order valence-corrected chi connectivity index (χ4v) is 5.62. The number of benzene rings is 3. The molecule has 3 aromatic carbocycles. The number of hydrazone groups is 1. The molecule has 4 rings (SSSR count). The van der Waals surface area contributed by atoms with Gasteiger partial charge >= 0.3 is 0 Å². The molecule has 1 aliphatic heterocycles. The van der Waals surface area contributed by atoms with Crippen molar-refractivity contribution in [2.24, 2.45) is 5.10 Å². The molecule has 7 heteroatoms. The zero-order valence-corrected chi connectivity index (χ0v) is 18.6. The van der Waals surface area contributed by atoms with Crippen LogP contribution in [0.15, 0.2) is 76.7 Å². The first kappa shape index (κ1) is 20.9. The van der Waals surface area contributed by atoms with Crippen LogP contribution in [0.25, 0.3) is 10.8 Å². The van der Waals surface area contributed by atoms with E-state index in [0.717, 1.165) is 16.3 Å². The second-order valence-electron chi connectivity index (χ2n) is 7.96. The molecule has 6 nitrogen and oxygen atoms in total. The summed E-state index contributed by atoms with van der Waals surface area (Å²) >= 11 is 0. The van der Waals surface area contributed by atoms with Gasteiger partial charge in [-0.25, -0.2) is 8.42 Å². The molecule has 0 aromatic heterocycles. The summed E-state index contributed by atoms with van der Waals surface area (Å²) in [7, 11) is -0.283. The highest BCUT2D eigenvalue weighted by Gasteiger charge is 2.41. The van der Waals surface area contributed by atoms with Crippen LogP contribution in [0.2, 0.25) is 0 Å². The Labute approximate surface area is 182 Å². The summed E-state index contributed by atoms with van der Waals surface area (Å²) in [4.78, 5) is 0.208. The van der Waals surface area contributed by atoms with Crippen LogP contribution < -0.4 is 4.31 Å². The van der Waals surface area contributed by atoms with Gasteiger partial charge in [-0.2, -0.15) is 5.10 Å². The van der Waals surface area contributed by atoms with Gasteiger partial charge in [0.05, 0.1) is 16.6 Å². The molecule has 1 aliphatic rings. The Morgan fingerprint density at radius 2 is 1.87 bits per heavy atom. The molecular weight excluding hydrogens is 410 g/mol. The van der Waals surface area contributed by atoms with Crippen molar-refractivity contribution in [1.82, 2.24) is 5.01 Å². The first-order valence-electron chi connectivity index (χ1n) is 9.95. The maximum atomic E-state index is 13.8. The molecule has 160 valence electrons. The maximum absolute atomic E-state index is 13.8. The second-order valence-corrected chi connectivity index (χ2v) is 9.77. The summed E-state index contributed by atoms with van der Waals surface area (Å²) in [6.07, 6.45) is 1.92. The molecule has 0 saturated carbocycles. The molecule has 1 unspecified atom stereocenters. The number of aromatic hydroxyl groups is 1. The molecule has 0 radical (unpaired) electrons. The highest BCUT2D eigenvalue weighted by Crippen LogP contribution is 2.52. The zero-order valence-electron chi connectivity index (χ0n) is 17.8. The largest absolute Gasteiger partial charge is 0.508 e. The molecule has 1 N–H and O–H groups in total. The Bertz CT molecular complexity index is 1300. The predicted octanol–water partition coefficient (Wildman–Crippen LogP) is 4.60. The molecule has 31 heavy (non-hydrogen) atoms. The molecular formula is C24H25N3O3S. The van der Waals surface area contributed by atoms with Crippen LogP contribution in [0, 0.1) is 6.92 Å². The molecule has 0 bridgehead atoms. The molecule has 3 aromatic rings. The number of hydrogen-bond donors (Lipinski definition) is 1. The minimum atomic E-state index is -3.89. The van der Waals surface area contributed by atoms with E-state index in [9.17, 15) is 13.5 Å². The lowest BCUT2D eigenvalue weighted by Crippen LogP contribution is -2.32. The Kier molecular flexibility index (Phi) is 5.23. The Morgan fingerprint density at radius 3 is 2.55 bits per heavy atom. The van der Waals surface area contributed by atoms with E-state index in [1.165, 1.54) is 4.31 Å². The number of sulfonamides is 1. The van der Waals surface area contributed by atoms with Crippen LogP contribution in [0.3, 0.4) is 0 Å². The number of phenolic OH excluding ortho intramolecular Hbond substituents is 1. The van der Waals surface area contributed by atoms with E-state index in [-0.39, 0.29) is 10.6 Å². The average molecular weight is 436 g/mol. The third kappa shape index (κ3) is 3.65. The molecule has 1 atom stereocenters. The lowest BCUT2D eigenvalue weighted by Gasteiger charge is -2.28. The SMILES string of the molecule is C=C(/C=N\N(C)C)CC1c2c(O)ccc3cccc(c23)N1S(=O)(=O)c1ccc(C)cc1. The first-order valence-corrected chi connectivity index (χ1v) is 11.4. The van der Waals surface area contributed by atoms with E-state index in [4.69, 9.17) is 0 Å². The summed E-state index contributed by atoms with van der Waals surface area (Å²) in [5, 5.41) is 18.2. The molecule has 0 aliphatic carbocycles. The second kappa shape index (κ2) is 7.74. The van der Waals surface area contributed by atoms with Gasteiger partial charge in [0.2, 0.25) is 0 Å². The van der Waals surface area contributed by atoms with Crippen molar-refractivity contribution < 1.29 is 13.5 Å². The molecule has 0 spiro atoms. The first-order chi connectivity index (χ1) is 14.7. The Balaban J connectivity index is 1.89. The van der Waals surface area contributed by atoms with Gasteiger partial charge in [0, 0.05) is 31.3 Å². The van der Waals surface area contributed by atoms with Gasteiger partial charge in [-0.3, -0.25) is 4.31 Å². The number of rotatable bonds is 6. The summed E-state index contributed by atoms with van der Waals surface area (Å²) in [5.41, 5.74) is 2.80. The van der Waals surface area contributed by atoms with Gasteiger partial charge in [0.1, 0.15) is 5.75 Å². The van der Waals surface area contributed by atoms with Gasteiger partial charge in [-0.15, -0.1) is 0 Å². The lowest BCUT2D eigenvalue weighted by atomic mass is 9.97. The van der Waals surface area contributed by atoms with E-state index in [1.54, 1.807) is 67.8 Å². The average Bonchev–Trinajstić information content (AvgIpc) is 3.06. The van der Waals surface area contributed by atoms with E-state index in [0.29, 0.717) is 23.2 Å². The van der Waals surface area contributed by atoms with Gasteiger partial charge in [0.15, 0.2) is 0 Å². The standard InChI is InChI=1S/C24H25N3O3S/c1-16-8-11-19(12-9-16)31(29,30)27-20-7-5-6-18-10-13-22(28)24(23(18)20)21(27)14-17(2)15-25-26(3)4/h5-13,15,21,28H,2,14H2,1,3-4H3/b25-15-. The number of anilines is 1. The van der Waals surface area contributed by atoms with Crippen molar-refractivity contribution in [1.29, 1.82) is 0 Å². The fraction of sp³-hybridized carbons (Fsp3) is 0.208. The van der Waals surface area contributed by atoms with Crippen LogP contribution in [0.5, 0.6) is 5.75 Å². The van der Waals surface area contributed by atoms with E-state index in [1.807, 2.05) is 19.1 Å². The van der Waals surface area contributed by atoms with Crippen LogP contribution in [-0.4, -0.2) is 38.8 Å². The van der Waals surface area contributed by atoms with Crippen molar-refractivity contribution in [2.75, 3.05) is 18.4 Å². The zero-order chi connectivity index (χ0) is 22.3. The predicted molar refractivity (Wildman–Crippen MR) is 125 cm³/mol. The van der Waals surface area contributed by atoms with E-state index < -0.39 is 16.1 Å². The third-order valence-corrected chi connectivity index (χ3v) is 7.24. The summed E-state index contributed by atoms with van der Waals surface area (Å²) in [6.45, 7) is 5.98. The van der Waals surface area contributed by atoms with Gasteiger partial charge in [-0.1, -0.05) is 42.5 Å². The van der Waals surface area contributed by atoms with Crippen LogP contribution >= 0.6 is 0 Å². The lowest BCUT2D eigenvalue weighted by molar-refractivity contribution is 0.440. The number of hydrogen-bond acceptors (Lipinski definition) is 5. The Morgan fingerprint density at radius 1 is 1.16 bits per heavy atom. The van der Waals surface area contributed by atoms with Crippen molar-refractivity contribution >= 4 is 32.7 Å². The minimum absolute atomic E-state index is 0.0731. The van der Waals surface area contributed by atoms with E-state index in [2.05, 4.69) is 11.7 Å². The topological polar surface area (TPSA) is 73.2 Å². The molecule has 0 amide bonds. The van der Waals surface area contributed by atoms with E-state index >= 15 is 0 Å². The maximum Gasteiger partial charge on any atom is 0.264 e. The van der Waals surface area contributed by atoms with Crippen LogP contribution in [0.1, 0.15) is 23.6 Å². The van der Waals surface area contributed by atoms with Gasteiger partial charge < -0.3 is 10.1 Å². The van der Waals surface area contributed by atoms with Gasteiger partial charge in [0.25, 0.3) is 10.0 Å². The monoisotopic (exact) mass is 435 g/mol. The van der Waals surface area contributed by atoms with Crippen LogP contribution in [0.4, 0.5) is 5.69 Å². The quantitative estimate of drug-likeness (QED) is 0.454. The van der Waals surface area contributed by atoms with Crippen molar-refractivity contribution in [3.63, 3.8) is 0 Å². The number of nitrogens with zero attached hydrogens (tertiary/aromatic N) is 3. The van der Waals surface area contributed by atoms with Crippen LogP contribution in [-0.2, 0) is 10.0 Å². The summed E-state index contributed by atoms with van der Waals surface area (Å²) < 4.78 is 29.0. The summed E-state index contributed by atoms with van der Waals surface area (Å²) in [6, 6.07) is 15.1. The summed E-state index contributed by atoms with van der Waals surface area (Å²) in [5.74, 6) is 0.0731. The Hall–Kier alpha value is -3.32. The van der Waals surface area contributed by atoms with Crippen molar-refractivity contribution in [3.05, 3.63) is 77.9 Å². The number of phenols is 1. The third-order valence-electron chi connectivity index (χ3n) is 5.40. The highest BCUT2D eigenvalue weighted by molar-refractivity contribution is 7.92. The molecule has 0 saturated heterocycles. The minimum Gasteiger partial charge on any atom is -0.508 e. The molecule has 0 fully saturated rings. The van der Waals surface area contributed by atoms with Crippen molar-refractivity contribution in [2.45, 2.75) is 24.3 Å². The highest BCUT2D eigenvalue weighted by atomic mass is 32.2. The van der Waals surface area contributed by atoms with Gasteiger partial charge in [-0.05, 0) is 48.6 Å². The normalized spacial score (nSPS) is 15.7.